The average molecular weight is 252 g/mol. The summed E-state index contributed by atoms with van der Waals surface area (Å²) in [7, 11) is 1.70. The Morgan fingerprint density at radius 3 is 2.72 bits per heavy atom. The summed E-state index contributed by atoms with van der Waals surface area (Å²) in [5.74, 6) is 0.860. The third-order valence-electron chi connectivity index (χ3n) is 3.20. The van der Waals surface area contributed by atoms with Crippen molar-refractivity contribution in [1.29, 1.82) is 0 Å². The predicted octanol–water partition coefficient (Wildman–Crippen LogP) is 2.39. The summed E-state index contributed by atoms with van der Waals surface area (Å²) in [4.78, 5) is 6.63. The molecule has 1 aromatic rings. The van der Waals surface area contributed by atoms with Crippen LogP contribution in [-0.2, 0) is 4.74 Å². The Bertz CT molecular complexity index is 355. The van der Waals surface area contributed by atoms with Crippen LogP contribution in [0.4, 0.5) is 5.82 Å². The van der Waals surface area contributed by atoms with E-state index in [0.717, 1.165) is 24.3 Å². The normalized spacial score (nSPS) is 14.3. The van der Waals surface area contributed by atoms with Crippen LogP contribution < -0.4 is 4.90 Å². The summed E-state index contributed by atoms with van der Waals surface area (Å²) in [5.41, 5.74) is 0.869. The van der Waals surface area contributed by atoms with E-state index in [1.54, 1.807) is 20.2 Å². The van der Waals surface area contributed by atoms with E-state index >= 15 is 0 Å². The first kappa shape index (κ1) is 14.9. The zero-order valence-electron chi connectivity index (χ0n) is 11.8. The maximum absolute atomic E-state index is 9.84. The van der Waals surface area contributed by atoms with E-state index in [1.807, 2.05) is 12.1 Å². The van der Waals surface area contributed by atoms with Crippen LogP contribution >= 0.6 is 0 Å². The van der Waals surface area contributed by atoms with Crippen LogP contribution in [0.15, 0.2) is 18.3 Å². The standard InChI is InChI=1S/C14H24N2O2/c1-5-11(2)16(9-10-18-4)14-13(12(3)17)7-6-8-15-14/h6-8,11-12,17H,5,9-10H2,1-4H3. The van der Waals surface area contributed by atoms with E-state index < -0.39 is 6.10 Å². The average Bonchev–Trinajstić information content (AvgIpc) is 2.39. The Morgan fingerprint density at radius 1 is 1.44 bits per heavy atom. The smallest absolute Gasteiger partial charge is 0.134 e. The van der Waals surface area contributed by atoms with Gasteiger partial charge in [-0.3, -0.25) is 0 Å². The first-order chi connectivity index (χ1) is 8.61. The van der Waals surface area contributed by atoms with Crippen molar-refractivity contribution in [2.75, 3.05) is 25.2 Å². The number of methoxy groups -OCH3 is 1. The molecule has 0 aromatic carbocycles. The minimum atomic E-state index is -0.511. The lowest BCUT2D eigenvalue weighted by atomic mass is 10.1. The summed E-state index contributed by atoms with van der Waals surface area (Å²) < 4.78 is 5.16. The van der Waals surface area contributed by atoms with Crippen molar-refractivity contribution in [2.45, 2.75) is 39.3 Å². The number of pyridine rings is 1. The van der Waals surface area contributed by atoms with Crippen molar-refractivity contribution in [3.8, 4) is 0 Å². The van der Waals surface area contributed by atoms with E-state index in [4.69, 9.17) is 4.74 Å². The Labute approximate surface area is 110 Å². The van der Waals surface area contributed by atoms with Gasteiger partial charge in [-0.05, 0) is 26.3 Å². The SMILES string of the molecule is CCC(C)N(CCOC)c1ncccc1C(C)O. The number of nitrogens with zero attached hydrogens (tertiary/aromatic N) is 2. The quantitative estimate of drug-likeness (QED) is 0.809. The van der Waals surface area contributed by atoms with Crippen molar-refractivity contribution >= 4 is 5.82 Å². The molecular formula is C14H24N2O2. The van der Waals surface area contributed by atoms with Gasteiger partial charge in [0.1, 0.15) is 5.82 Å². The molecule has 0 fully saturated rings. The molecule has 102 valence electrons. The van der Waals surface area contributed by atoms with Gasteiger partial charge in [-0.25, -0.2) is 4.98 Å². The molecule has 1 N–H and O–H groups in total. The lowest BCUT2D eigenvalue weighted by Gasteiger charge is -2.31. The van der Waals surface area contributed by atoms with Crippen molar-refractivity contribution in [3.05, 3.63) is 23.9 Å². The molecule has 0 saturated heterocycles. The maximum atomic E-state index is 9.84. The molecule has 2 atom stereocenters. The summed E-state index contributed by atoms with van der Waals surface area (Å²) in [5, 5.41) is 9.84. The molecule has 0 aliphatic heterocycles. The van der Waals surface area contributed by atoms with Gasteiger partial charge < -0.3 is 14.7 Å². The molecule has 0 amide bonds. The van der Waals surface area contributed by atoms with Crippen LogP contribution in [0.1, 0.15) is 38.9 Å². The van der Waals surface area contributed by atoms with E-state index in [0.29, 0.717) is 12.6 Å². The molecule has 0 radical (unpaired) electrons. The Balaban J connectivity index is 3.03. The number of hydrogen-bond acceptors (Lipinski definition) is 4. The molecule has 1 aromatic heterocycles. The van der Waals surface area contributed by atoms with Gasteiger partial charge in [0.05, 0.1) is 12.7 Å². The van der Waals surface area contributed by atoms with E-state index in [2.05, 4.69) is 23.7 Å². The highest BCUT2D eigenvalue weighted by molar-refractivity contribution is 5.48. The molecule has 0 bridgehead atoms. The van der Waals surface area contributed by atoms with Gasteiger partial charge in [0, 0.05) is 31.5 Å². The van der Waals surface area contributed by atoms with Gasteiger partial charge in [0.2, 0.25) is 0 Å². The molecule has 1 heterocycles. The molecule has 1 rings (SSSR count). The first-order valence-electron chi connectivity index (χ1n) is 6.50. The van der Waals surface area contributed by atoms with Crippen LogP contribution in [0.5, 0.6) is 0 Å². The van der Waals surface area contributed by atoms with Crippen LogP contribution in [0, 0.1) is 0 Å². The molecule has 0 aliphatic carbocycles. The Kier molecular flexibility index (Phi) is 6.09. The molecule has 2 unspecified atom stereocenters. The van der Waals surface area contributed by atoms with Gasteiger partial charge >= 0.3 is 0 Å². The van der Waals surface area contributed by atoms with Crippen LogP contribution in [-0.4, -0.2) is 36.4 Å². The van der Waals surface area contributed by atoms with Gasteiger partial charge in [-0.1, -0.05) is 13.0 Å². The van der Waals surface area contributed by atoms with Gasteiger partial charge in [0.15, 0.2) is 0 Å². The van der Waals surface area contributed by atoms with E-state index in [-0.39, 0.29) is 0 Å². The molecule has 4 nitrogen and oxygen atoms in total. The highest BCUT2D eigenvalue weighted by atomic mass is 16.5. The second-order valence-electron chi connectivity index (χ2n) is 4.54. The lowest BCUT2D eigenvalue weighted by Crippen LogP contribution is -2.37. The van der Waals surface area contributed by atoms with Gasteiger partial charge in [-0.2, -0.15) is 0 Å². The third-order valence-corrected chi connectivity index (χ3v) is 3.20. The van der Waals surface area contributed by atoms with E-state index in [9.17, 15) is 5.11 Å². The van der Waals surface area contributed by atoms with Crippen molar-refractivity contribution < 1.29 is 9.84 Å². The number of aliphatic hydroxyl groups excluding tert-OH is 1. The Morgan fingerprint density at radius 2 is 2.17 bits per heavy atom. The number of aliphatic hydroxyl groups is 1. The molecule has 18 heavy (non-hydrogen) atoms. The largest absolute Gasteiger partial charge is 0.389 e. The predicted molar refractivity (Wildman–Crippen MR) is 73.8 cm³/mol. The first-order valence-corrected chi connectivity index (χ1v) is 6.50. The zero-order valence-corrected chi connectivity index (χ0v) is 11.8. The van der Waals surface area contributed by atoms with Crippen molar-refractivity contribution in [1.82, 2.24) is 4.98 Å². The number of anilines is 1. The fourth-order valence-corrected chi connectivity index (χ4v) is 1.92. The highest BCUT2D eigenvalue weighted by Gasteiger charge is 2.19. The van der Waals surface area contributed by atoms with E-state index in [1.165, 1.54) is 0 Å². The number of ether oxygens (including phenoxy) is 1. The number of hydrogen-bond donors (Lipinski definition) is 1. The zero-order chi connectivity index (χ0) is 13.5. The fourth-order valence-electron chi connectivity index (χ4n) is 1.92. The van der Waals surface area contributed by atoms with Gasteiger partial charge in [0.25, 0.3) is 0 Å². The summed E-state index contributed by atoms with van der Waals surface area (Å²) >= 11 is 0. The van der Waals surface area contributed by atoms with Crippen LogP contribution in [0.2, 0.25) is 0 Å². The topological polar surface area (TPSA) is 45.6 Å². The number of aromatic nitrogens is 1. The second kappa shape index (κ2) is 7.34. The fraction of sp³-hybridized carbons (Fsp3) is 0.643. The van der Waals surface area contributed by atoms with Gasteiger partial charge in [-0.15, -0.1) is 0 Å². The molecule has 4 heteroatoms. The van der Waals surface area contributed by atoms with Crippen LogP contribution in [0.3, 0.4) is 0 Å². The molecular weight excluding hydrogens is 228 g/mol. The van der Waals surface area contributed by atoms with Crippen LogP contribution in [0.25, 0.3) is 0 Å². The molecule has 0 spiro atoms. The summed E-state index contributed by atoms with van der Waals surface area (Å²) in [6.45, 7) is 7.51. The highest BCUT2D eigenvalue weighted by Crippen LogP contribution is 2.25. The lowest BCUT2D eigenvalue weighted by molar-refractivity contribution is 0.195. The molecule has 0 saturated carbocycles. The summed E-state index contributed by atoms with van der Waals surface area (Å²) in [6.07, 6.45) is 2.28. The van der Waals surface area contributed by atoms with Crippen molar-refractivity contribution in [2.24, 2.45) is 0 Å². The minimum Gasteiger partial charge on any atom is -0.389 e. The van der Waals surface area contributed by atoms with Crippen molar-refractivity contribution in [3.63, 3.8) is 0 Å². The molecule has 0 aliphatic rings. The summed E-state index contributed by atoms with van der Waals surface area (Å²) in [6, 6.07) is 4.15. The third kappa shape index (κ3) is 3.68. The Hall–Kier alpha value is -1.13. The second-order valence-corrected chi connectivity index (χ2v) is 4.54. The monoisotopic (exact) mass is 252 g/mol. The maximum Gasteiger partial charge on any atom is 0.134 e. The minimum absolute atomic E-state index is 0.368. The number of rotatable bonds is 7.